The zero-order chi connectivity index (χ0) is 20.2. The zero-order valence-corrected chi connectivity index (χ0v) is 16.6. The van der Waals surface area contributed by atoms with Gasteiger partial charge in [0.1, 0.15) is 5.82 Å². The van der Waals surface area contributed by atoms with E-state index in [0.717, 1.165) is 39.0 Å². The molecule has 2 atom stereocenters. The van der Waals surface area contributed by atoms with E-state index in [-0.39, 0.29) is 17.5 Å². The summed E-state index contributed by atoms with van der Waals surface area (Å²) in [5.41, 5.74) is 0.886. The molecule has 1 N–H and O–H groups in total. The SMILES string of the molecule is COC[C@@H]1C[C@H](n2cc(NC(=O)c3cccc(F)c3)cn2)CN1C1CCOCC1. The molecule has 1 aromatic heterocycles. The lowest BCUT2D eigenvalue weighted by atomic mass is 10.1. The number of benzene rings is 1. The van der Waals surface area contributed by atoms with E-state index < -0.39 is 5.82 Å². The van der Waals surface area contributed by atoms with Crippen LogP contribution in [-0.4, -0.2) is 66.1 Å². The number of methoxy groups -OCH3 is 1. The molecule has 2 fully saturated rings. The Bertz CT molecular complexity index is 837. The van der Waals surface area contributed by atoms with Crippen LogP contribution in [0.5, 0.6) is 0 Å². The first kappa shape index (κ1) is 20.0. The second kappa shape index (κ2) is 9.02. The number of hydrogen-bond donors (Lipinski definition) is 1. The first-order valence-electron chi connectivity index (χ1n) is 10.1. The van der Waals surface area contributed by atoms with Crippen LogP contribution in [0.2, 0.25) is 0 Å². The van der Waals surface area contributed by atoms with Gasteiger partial charge in [-0.2, -0.15) is 5.10 Å². The van der Waals surface area contributed by atoms with Crippen molar-refractivity contribution in [2.75, 3.05) is 38.8 Å². The van der Waals surface area contributed by atoms with Crippen LogP contribution in [0.4, 0.5) is 10.1 Å². The number of nitrogens with zero attached hydrogens (tertiary/aromatic N) is 3. The van der Waals surface area contributed by atoms with Crippen LogP contribution in [0.15, 0.2) is 36.7 Å². The van der Waals surface area contributed by atoms with Gasteiger partial charge in [-0.1, -0.05) is 6.07 Å². The van der Waals surface area contributed by atoms with Crippen molar-refractivity contribution in [1.29, 1.82) is 0 Å². The smallest absolute Gasteiger partial charge is 0.255 e. The molecular formula is C21H27FN4O3. The number of aromatic nitrogens is 2. The molecule has 29 heavy (non-hydrogen) atoms. The molecule has 4 rings (SSSR count). The lowest BCUT2D eigenvalue weighted by Crippen LogP contribution is -2.44. The molecule has 0 saturated carbocycles. The standard InChI is InChI=1S/C21H27FN4O3/c1-28-14-20-10-19(13-25(20)18-5-7-29-8-6-18)26-12-17(11-23-26)24-21(27)15-3-2-4-16(22)9-15/h2-4,9,11-12,18-20H,5-8,10,13-14H2,1H3,(H,24,27)/t19-,20-/m0/s1. The van der Waals surface area contributed by atoms with Crippen LogP contribution in [0.25, 0.3) is 0 Å². The molecule has 3 heterocycles. The van der Waals surface area contributed by atoms with Gasteiger partial charge in [0.25, 0.3) is 5.91 Å². The summed E-state index contributed by atoms with van der Waals surface area (Å²) in [6, 6.07) is 6.72. The lowest BCUT2D eigenvalue weighted by Gasteiger charge is -2.35. The van der Waals surface area contributed by atoms with Gasteiger partial charge in [-0.15, -0.1) is 0 Å². The third-order valence-electron chi connectivity index (χ3n) is 5.77. The van der Waals surface area contributed by atoms with Gasteiger partial charge >= 0.3 is 0 Å². The predicted octanol–water partition coefficient (Wildman–Crippen LogP) is 2.72. The summed E-state index contributed by atoms with van der Waals surface area (Å²) < 4.78 is 26.2. The highest BCUT2D eigenvalue weighted by Gasteiger charge is 2.38. The van der Waals surface area contributed by atoms with E-state index in [1.54, 1.807) is 19.4 Å². The number of carbonyl (C=O) groups excluding carboxylic acids is 1. The van der Waals surface area contributed by atoms with E-state index in [2.05, 4.69) is 15.3 Å². The highest BCUT2D eigenvalue weighted by Crippen LogP contribution is 2.32. The molecule has 0 unspecified atom stereocenters. The van der Waals surface area contributed by atoms with Crippen LogP contribution in [0.3, 0.4) is 0 Å². The van der Waals surface area contributed by atoms with Gasteiger partial charge < -0.3 is 14.8 Å². The molecule has 156 valence electrons. The number of amides is 1. The van der Waals surface area contributed by atoms with Gasteiger partial charge in [-0.3, -0.25) is 14.4 Å². The van der Waals surface area contributed by atoms with Crippen LogP contribution in [0, 0.1) is 5.82 Å². The van der Waals surface area contributed by atoms with Crippen molar-refractivity contribution in [3.05, 3.63) is 48.0 Å². The first-order valence-corrected chi connectivity index (χ1v) is 10.1. The van der Waals surface area contributed by atoms with Gasteiger partial charge in [-0.25, -0.2) is 4.39 Å². The van der Waals surface area contributed by atoms with Gasteiger partial charge in [0.05, 0.1) is 24.5 Å². The quantitative estimate of drug-likeness (QED) is 0.805. The molecule has 2 aromatic rings. The van der Waals surface area contributed by atoms with Crippen LogP contribution in [0.1, 0.15) is 35.7 Å². The number of hydrogen-bond acceptors (Lipinski definition) is 5. The number of halogens is 1. The second-order valence-corrected chi connectivity index (χ2v) is 7.71. The highest BCUT2D eigenvalue weighted by molar-refractivity contribution is 6.04. The predicted molar refractivity (Wildman–Crippen MR) is 106 cm³/mol. The molecule has 7 nitrogen and oxygen atoms in total. The minimum absolute atomic E-state index is 0.220. The van der Waals surface area contributed by atoms with Crippen molar-refractivity contribution in [2.45, 2.75) is 37.4 Å². The van der Waals surface area contributed by atoms with Crippen molar-refractivity contribution >= 4 is 11.6 Å². The van der Waals surface area contributed by atoms with E-state index in [0.29, 0.717) is 24.4 Å². The molecular weight excluding hydrogens is 375 g/mol. The van der Waals surface area contributed by atoms with Crippen LogP contribution < -0.4 is 5.32 Å². The van der Waals surface area contributed by atoms with Gasteiger partial charge in [0, 0.05) is 50.7 Å². The third kappa shape index (κ3) is 4.66. The summed E-state index contributed by atoms with van der Waals surface area (Å²) in [4.78, 5) is 14.9. The molecule has 2 saturated heterocycles. The maximum absolute atomic E-state index is 13.3. The Labute approximate surface area is 169 Å². The molecule has 0 radical (unpaired) electrons. The average molecular weight is 402 g/mol. The summed E-state index contributed by atoms with van der Waals surface area (Å²) >= 11 is 0. The van der Waals surface area contributed by atoms with E-state index >= 15 is 0 Å². The number of anilines is 1. The largest absolute Gasteiger partial charge is 0.383 e. The van der Waals surface area contributed by atoms with E-state index in [1.165, 1.54) is 18.2 Å². The summed E-state index contributed by atoms with van der Waals surface area (Å²) in [5, 5.41) is 7.27. The number of nitrogens with one attached hydrogen (secondary N) is 1. The van der Waals surface area contributed by atoms with Crippen LogP contribution >= 0.6 is 0 Å². The minimum Gasteiger partial charge on any atom is -0.383 e. The van der Waals surface area contributed by atoms with E-state index in [4.69, 9.17) is 9.47 Å². The summed E-state index contributed by atoms with van der Waals surface area (Å²) in [6.07, 6.45) is 6.52. The second-order valence-electron chi connectivity index (χ2n) is 7.71. The molecule has 0 bridgehead atoms. The monoisotopic (exact) mass is 402 g/mol. The Morgan fingerprint density at radius 1 is 1.34 bits per heavy atom. The van der Waals surface area contributed by atoms with Crippen molar-refractivity contribution in [3.8, 4) is 0 Å². The Hall–Kier alpha value is -2.29. The topological polar surface area (TPSA) is 68.6 Å². The molecule has 2 aliphatic heterocycles. The molecule has 2 aliphatic rings. The summed E-state index contributed by atoms with van der Waals surface area (Å²) in [5.74, 6) is -0.784. The van der Waals surface area contributed by atoms with Crippen molar-refractivity contribution < 1.29 is 18.7 Å². The first-order chi connectivity index (χ1) is 14.1. The average Bonchev–Trinajstić information content (AvgIpc) is 3.36. The van der Waals surface area contributed by atoms with Gasteiger partial charge in [0.2, 0.25) is 0 Å². The van der Waals surface area contributed by atoms with Gasteiger partial charge in [0.15, 0.2) is 0 Å². The Morgan fingerprint density at radius 3 is 2.93 bits per heavy atom. The molecule has 0 spiro atoms. The van der Waals surface area contributed by atoms with Gasteiger partial charge in [-0.05, 0) is 37.5 Å². The summed E-state index contributed by atoms with van der Waals surface area (Å²) in [7, 11) is 1.74. The van der Waals surface area contributed by atoms with Crippen molar-refractivity contribution in [2.24, 2.45) is 0 Å². The fourth-order valence-corrected chi connectivity index (χ4v) is 4.36. The van der Waals surface area contributed by atoms with E-state index in [9.17, 15) is 9.18 Å². The number of ether oxygens (including phenoxy) is 2. The van der Waals surface area contributed by atoms with Crippen molar-refractivity contribution in [1.82, 2.24) is 14.7 Å². The normalized spacial score (nSPS) is 23.4. The molecule has 0 aliphatic carbocycles. The number of rotatable bonds is 6. The molecule has 1 aromatic carbocycles. The highest BCUT2D eigenvalue weighted by atomic mass is 19.1. The maximum Gasteiger partial charge on any atom is 0.255 e. The number of likely N-dealkylation sites (tertiary alicyclic amines) is 1. The van der Waals surface area contributed by atoms with Crippen LogP contribution in [-0.2, 0) is 9.47 Å². The lowest BCUT2D eigenvalue weighted by molar-refractivity contribution is 0.0139. The van der Waals surface area contributed by atoms with Crippen molar-refractivity contribution in [3.63, 3.8) is 0 Å². The fourth-order valence-electron chi connectivity index (χ4n) is 4.36. The third-order valence-corrected chi connectivity index (χ3v) is 5.77. The number of carbonyl (C=O) groups is 1. The summed E-state index contributed by atoms with van der Waals surface area (Å²) in [6.45, 7) is 3.21. The molecule has 1 amide bonds. The minimum atomic E-state index is -0.434. The fraction of sp³-hybridized carbons (Fsp3) is 0.524. The zero-order valence-electron chi connectivity index (χ0n) is 16.6. The Morgan fingerprint density at radius 2 is 2.17 bits per heavy atom. The Kier molecular flexibility index (Phi) is 6.22. The maximum atomic E-state index is 13.3. The van der Waals surface area contributed by atoms with E-state index in [1.807, 2.05) is 10.9 Å². The Balaban J connectivity index is 1.42. The molecule has 8 heteroatoms.